The van der Waals surface area contributed by atoms with Crippen LogP contribution >= 0.6 is 0 Å². The highest BCUT2D eigenvalue weighted by Gasteiger charge is 2.30. The van der Waals surface area contributed by atoms with Crippen LogP contribution in [-0.4, -0.2) is 9.97 Å². The number of nitrogens with one attached hydrogen (secondary N) is 2. The molecule has 0 saturated heterocycles. The Bertz CT molecular complexity index is 655. The zero-order valence-corrected chi connectivity index (χ0v) is 11.4. The number of hydrogen-bond donors (Lipinski definition) is 3. The molecular weight excluding hydrogens is 283 g/mol. The number of benzene rings is 1. The fourth-order valence-corrected chi connectivity index (χ4v) is 1.77. The third-order valence-corrected chi connectivity index (χ3v) is 2.81. The largest absolute Gasteiger partial charge is 0.416 e. The number of halogens is 3. The van der Waals surface area contributed by atoms with E-state index in [1.54, 1.807) is 19.9 Å². The second kappa shape index (κ2) is 5.57. The van der Waals surface area contributed by atoms with Gasteiger partial charge in [-0.15, -0.1) is 0 Å². The van der Waals surface area contributed by atoms with Crippen LogP contribution in [0.4, 0.5) is 30.6 Å². The minimum atomic E-state index is -4.39. The predicted molar refractivity (Wildman–Crippen MR) is 74.0 cm³/mol. The molecule has 0 bridgehead atoms. The number of nitrogen functional groups attached to an aromatic ring is 1. The number of hydrazine groups is 1. The van der Waals surface area contributed by atoms with Gasteiger partial charge < -0.3 is 5.32 Å². The molecular formula is C13H14F3N5. The van der Waals surface area contributed by atoms with Gasteiger partial charge in [0, 0.05) is 17.4 Å². The number of nitrogens with zero attached hydrogens (tertiary/aromatic N) is 2. The lowest BCUT2D eigenvalue weighted by atomic mass is 10.1. The Morgan fingerprint density at radius 2 is 1.81 bits per heavy atom. The Hall–Kier alpha value is -2.35. The van der Waals surface area contributed by atoms with Gasteiger partial charge in [0.25, 0.3) is 0 Å². The van der Waals surface area contributed by atoms with Gasteiger partial charge in [0.2, 0.25) is 5.95 Å². The van der Waals surface area contributed by atoms with E-state index in [1.807, 2.05) is 0 Å². The molecule has 0 fully saturated rings. The van der Waals surface area contributed by atoms with E-state index >= 15 is 0 Å². The predicted octanol–water partition coefficient (Wildman–Crippen LogP) is 3.14. The standard InChI is InChI=1S/C13H14F3N5/c1-7-3-4-9(13(14,15)16)6-10(7)19-11-5-8(2)18-12(20-11)21-17/h3-6H,17H2,1-2H3,(H2,18,19,20,21). The first kappa shape index (κ1) is 15.0. The van der Waals surface area contributed by atoms with E-state index in [2.05, 4.69) is 20.7 Å². The molecule has 1 aromatic heterocycles. The van der Waals surface area contributed by atoms with E-state index in [-0.39, 0.29) is 5.95 Å². The van der Waals surface area contributed by atoms with E-state index < -0.39 is 11.7 Å². The SMILES string of the molecule is Cc1cc(Nc2cc(C(F)(F)F)ccc2C)nc(NN)n1. The van der Waals surface area contributed by atoms with E-state index in [0.717, 1.165) is 12.1 Å². The van der Waals surface area contributed by atoms with Crippen LogP contribution in [0.5, 0.6) is 0 Å². The maximum Gasteiger partial charge on any atom is 0.416 e. The van der Waals surface area contributed by atoms with Crippen LogP contribution in [0.1, 0.15) is 16.8 Å². The average molecular weight is 297 g/mol. The molecule has 4 N–H and O–H groups in total. The van der Waals surface area contributed by atoms with E-state index in [9.17, 15) is 13.2 Å². The topological polar surface area (TPSA) is 75.9 Å². The maximum absolute atomic E-state index is 12.7. The Morgan fingerprint density at radius 3 is 2.43 bits per heavy atom. The molecule has 0 saturated carbocycles. The first-order chi connectivity index (χ1) is 9.79. The third kappa shape index (κ3) is 3.60. The van der Waals surface area contributed by atoms with Gasteiger partial charge in [-0.3, -0.25) is 5.43 Å². The van der Waals surface area contributed by atoms with Crippen molar-refractivity contribution < 1.29 is 13.2 Å². The van der Waals surface area contributed by atoms with Crippen molar-refractivity contribution in [1.82, 2.24) is 9.97 Å². The van der Waals surface area contributed by atoms with Crippen LogP contribution in [0, 0.1) is 13.8 Å². The fraction of sp³-hybridized carbons (Fsp3) is 0.231. The Labute approximate surface area is 119 Å². The van der Waals surface area contributed by atoms with Gasteiger partial charge in [-0.25, -0.2) is 10.8 Å². The molecule has 0 aliphatic rings. The zero-order valence-electron chi connectivity index (χ0n) is 11.4. The summed E-state index contributed by atoms with van der Waals surface area (Å²) in [7, 11) is 0. The molecule has 0 spiro atoms. The molecule has 2 rings (SSSR count). The van der Waals surface area contributed by atoms with E-state index in [0.29, 0.717) is 22.8 Å². The Morgan fingerprint density at radius 1 is 1.10 bits per heavy atom. The minimum Gasteiger partial charge on any atom is -0.340 e. The van der Waals surface area contributed by atoms with Crippen LogP contribution in [-0.2, 0) is 6.18 Å². The lowest BCUT2D eigenvalue weighted by Gasteiger charge is -2.13. The van der Waals surface area contributed by atoms with Crippen molar-refractivity contribution in [3.63, 3.8) is 0 Å². The van der Waals surface area contributed by atoms with Gasteiger partial charge in [0.15, 0.2) is 0 Å². The van der Waals surface area contributed by atoms with Crippen molar-refractivity contribution in [1.29, 1.82) is 0 Å². The van der Waals surface area contributed by atoms with Crippen molar-refractivity contribution in [3.8, 4) is 0 Å². The molecule has 8 heteroatoms. The van der Waals surface area contributed by atoms with Gasteiger partial charge in [-0.1, -0.05) is 6.07 Å². The molecule has 5 nitrogen and oxygen atoms in total. The fourth-order valence-electron chi connectivity index (χ4n) is 1.77. The average Bonchev–Trinajstić information content (AvgIpc) is 2.39. The summed E-state index contributed by atoms with van der Waals surface area (Å²) < 4.78 is 38.2. The molecule has 0 aliphatic heterocycles. The highest BCUT2D eigenvalue weighted by molar-refractivity contribution is 5.62. The van der Waals surface area contributed by atoms with Crippen LogP contribution in [0.2, 0.25) is 0 Å². The van der Waals surface area contributed by atoms with Crippen LogP contribution < -0.4 is 16.6 Å². The number of anilines is 3. The highest BCUT2D eigenvalue weighted by Crippen LogP contribution is 2.32. The summed E-state index contributed by atoms with van der Waals surface area (Å²) in [6.45, 7) is 3.44. The lowest BCUT2D eigenvalue weighted by molar-refractivity contribution is -0.137. The quantitative estimate of drug-likeness (QED) is 0.599. The normalized spacial score (nSPS) is 11.3. The number of rotatable bonds is 3. The second-order valence-electron chi connectivity index (χ2n) is 4.51. The van der Waals surface area contributed by atoms with Gasteiger partial charge in [0.1, 0.15) is 5.82 Å². The van der Waals surface area contributed by atoms with Crippen molar-refractivity contribution in [2.24, 2.45) is 5.84 Å². The third-order valence-electron chi connectivity index (χ3n) is 2.81. The van der Waals surface area contributed by atoms with Crippen molar-refractivity contribution in [2.45, 2.75) is 20.0 Å². The van der Waals surface area contributed by atoms with Crippen molar-refractivity contribution in [3.05, 3.63) is 41.1 Å². The number of aromatic nitrogens is 2. The molecule has 0 amide bonds. The van der Waals surface area contributed by atoms with E-state index in [4.69, 9.17) is 5.84 Å². The smallest absolute Gasteiger partial charge is 0.340 e. The summed E-state index contributed by atoms with van der Waals surface area (Å²) in [6, 6.07) is 5.10. The summed E-state index contributed by atoms with van der Waals surface area (Å²) >= 11 is 0. The highest BCUT2D eigenvalue weighted by atomic mass is 19.4. The van der Waals surface area contributed by atoms with Crippen molar-refractivity contribution in [2.75, 3.05) is 10.7 Å². The summed E-state index contributed by atoms with van der Waals surface area (Å²) in [4.78, 5) is 8.05. The molecule has 2 aromatic rings. The van der Waals surface area contributed by atoms with Crippen molar-refractivity contribution >= 4 is 17.5 Å². The monoisotopic (exact) mass is 297 g/mol. The molecule has 0 aliphatic carbocycles. The lowest BCUT2D eigenvalue weighted by Crippen LogP contribution is -2.12. The van der Waals surface area contributed by atoms with E-state index in [1.165, 1.54) is 6.07 Å². The van der Waals surface area contributed by atoms with Crippen LogP contribution in [0.3, 0.4) is 0 Å². The van der Waals surface area contributed by atoms with Gasteiger partial charge >= 0.3 is 6.18 Å². The number of alkyl halides is 3. The molecule has 0 unspecified atom stereocenters. The second-order valence-corrected chi connectivity index (χ2v) is 4.51. The molecule has 0 radical (unpaired) electrons. The molecule has 112 valence electrons. The molecule has 1 aromatic carbocycles. The maximum atomic E-state index is 12.7. The van der Waals surface area contributed by atoms with Gasteiger partial charge in [-0.05, 0) is 31.5 Å². The Kier molecular flexibility index (Phi) is 3.99. The molecule has 1 heterocycles. The number of nitrogens with two attached hydrogens (primary N) is 1. The first-order valence-electron chi connectivity index (χ1n) is 6.07. The summed E-state index contributed by atoms with van der Waals surface area (Å²) in [5.41, 5.74) is 3.20. The summed E-state index contributed by atoms with van der Waals surface area (Å²) in [6.07, 6.45) is -4.39. The zero-order chi connectivity index (χ0) is 15.6. The minimum absolute atomic E-state index is 0.183. The van der Waals surface area contributed by atoms with Crippen LogP contribution in [0.15, 0.2) is 24.3 Å². The summed E-state index contributed by atoms with van der Waals surface area (Å²) in [5.74, 6) is 5.78. The van der Waals surface area contributed by atoms with Gasteiger partial charge in [0.05, 0.1) is 5.56 Å². The number of hydrogen-bond acceptors (Lipinski definition) is 5. The Balaban J connectivity index is 2.37. The number of aryl methyl sites for hydroxylation is 2. The summed E-state index contributed by atoms with van der Waals surface area (Å²) in [5, 5.41) is 2.85. The molecule has 21 heavy (non-hydrogen) atoms. The van der Waals surface area contributed by atoms with Gasteiger partial charge in [-0.2, -0.15) is 18.2 Å². The first-order valence-corrected chi connectivity index (χ1v) is 6.07. The van der Waals surface area contributed by atoms with Crippen LogP contribution in [0.25, 0.3) is 0 Å². The molecule has 0 atom stereocenters.